The van der Waals surface area contributed by atoms with Crippen LogP contribution < -0.4 is 25.4 Å². The van der Waals surface area contributed by atoms with Crippen LogP contribution in [0.5, 0.6) is 17.2 Å². The molecule has 0 unspecified atom stereocenters. The Bertz CT molecular complexity index is 1510. The summed E-state index contributed by atoms with van der Waals surface area (Å²) in [6, 6.07) is 23.8. The van der Waals surface area contributed by atoms with Gasteiger partial charge in [-0.3, -0.25) is 14.4 Å². The zero-order valence-corrected chi connectivity index (χ0v) is 21.5. The summed E-state index contributed by atoms with van der Waals surface area (Å²) < 4.78 is 16.8. The van der Waals surface area contributed by atoms with Gasteiger partial charge in [-0.25, -0.2) is 10.5 Å². The maximum Gasteiger partial charge on any atom is 0.297 e. The molecule has 0 bridgehead atoms. The predicted molar refractivity (Wildman–Crippen MR) is 144 cm³/mol. The number of hydroxylamine groups is 1. The molecule has 0 saturated heterocycles. The number of nitrogens with one attached hydrogen (secondary N) is 1. The van der Waals surface area contributed by atoms with E-state index < -0.39 is 18.4 Å². The molecule has 2 heterocycles. The number of ether oxygens (including phenoxy) is 3. The Balaban J connectivity index is 1.51. The van der Waals surface area contributed by atoms with Gasteiger partial charge in [0.25, 0.3) is 11.8 Å². The minimum absolute atomic E-state index is 0.0232. The summed E-state index contributed by atoms with van der Waals surface area (Å²) in [6.45, 7) is -0.341. The van der Waals surface area contributed by atoms with Gasteiger partial charge in [-0.2, -0.15) is 0 Å². The Morgan fingerprint density at radius 1 is 0.900 bits per heavy atom. The second-order valence-electron chi connectivity index (χ2n) is 8.96. The van der Waals surface area contributed by atoms with Gasteiger partial charge in [-0.15, -0.1) is 0 Å². The number of carbonyl (C=O) groups is 2. The van der Waals surface area contributed by atoms with E-state index in [9.17, 15) is 14.7 Å². The monoisotopic (exact) mass is 541 g/mol. The van der Waals surface area contributed by atoms with E-state index in [4.69, 9.17) is 24.8 Å². The molecule has 1 aliphatic heterocycles. The van der Waals surface area contributed by atoms with E-state index in [2.05, 4.69) is 10.5 Å². The van der Waals surface area contributed by atoms with Crippen LogP contribution in [0, 0.1) is 0 Å². The van der Waals surface area contributed by atoms with Gasteiger partial charge in [0.2, 0.25) is 6.79 Å². The molecule has 10 nitrogen and oxygen atoms in total. The number of amides is 2. The van der Waals surface area contributed by atoms with Crippen molar-refractivity contribution >= 4 is 11.8 Å². The zero-order valence-electron chi connectivity index (χ0n) is 21.5. The molecule has 0 fully saturated rings. The summed E-state index contributed by atoms with van der Waals surface area (Å²) in [5.74, 6) is -0.435. The quantitative estimate of drug-likeness (QED) is 0.245. The summed E-state index contributed by atoms with van der Waals surface area (Å²) in [5.41, 5.74) is 10.6. The van der Waals surface area contributed by atoms with Crippen LogP contribution in [0.15, 0.2) is 78.9 Å². The van der Waals surface area contributed by atoms with Gasteiger partial charge >= 0.3 is 0 Å². The number of pyridine rings is 1. The average Bonchev–Trinajstić information content (AvgIpc) is 3.44. The SMILES string of the molecule is NC(=O)c1c(Cc2ccc3c(c2)OCO3)nc(C(=O)NOCc2ccccc2)c(OCc2ccccc2)c1CO. The lowest BCUT2D eigenvalue weighted by molar-refractivity contribution is 0.0225. The number of nitrogens with two attached hydrogens (primary N) is 1. The van der Waals surface area contributed by atoms with Gasteiger partial charge in [0.05, 0.1) is 24.5 Å². The van der Waals surface area contributed by atoms with Crippen molar-refractivity contribution in [2.75, 3.05) is 6.79 Å². The normalized spacial score (nSPS) is 11.7. The fraction of sp³-hybridized carbons (Fsp3) is 0.167. The van der Waals surface area contributed by atoms with Crippen molar-refractivity contribution in [1.82, 2.24) is 10.5 Å². The van der Waals surface area contributed by atoms with Crippen molar-refractivity contribution in [3.8, 4) is 17.2 Å². The first-order chi connectivity index (χ1) is 19.5. The Kier molecular flexibility index (Phi) is 8.19. The van der Waals surface area contributed by atoms with Crippen LogP contribution in [0.2, 0.25) is 0 Å². The first kappa shape index (κ1) is 26.7. The molecule has 0 atom stereocenters. The molecule has 1 aromatic heterocycles. The fourth-order valence-corrected chi connectivity index (χ4v) is 4.33. The highest BCUT2D eigenvalue weighted by atomic mass is 16.7. The summed E-state index contributed by atoms with van der Waals surface area (Å²) in [6.07, 6.45) is 0.117. The molecule has 4 N–H and O–H groups in total. The van der Waals surface area contributed by atoms with E-state index in [-0.39, 0.29) is 54.7 Å². The van der Waals surface area contributed by atoms with E-state index in [1.54, 1.807) is 18.2 Å². The van der Waals surface area contributed by atoms with Crippen LogP contribution >= 0.6 is 0 Å². The second-order valence-corrected chi connectivity index (χ2v) is 8.96. The predicted octanol–water partition coefficient (Wildman–Crippen LogP) is 3.43. The van der Waals surface area contributed by atoms with Crippen LogP contribution in [-0.2, 0) is 31.1 Å². The Labute approximate surface area is 230 Å². The number of hydrogen-bond donors (Lipinski definition) is 3. The molecule has 10 heteroatoms. The number of benzene rings is 3. The van der Waals surface area contributed by atoms with E-state index >= 15 is 0 Å². The Morgan fingerprint density at radius 3 is 2.25 bits per heavy atom. The second kappa shape index (κ2) is 12.3. The lowest BCUT2D eigenvalue weighted by Crippen LogP contribution is -2.28. The van der Waals surface area contributed by atoms with Gasteiger partial charge in [-0.1, -0.05) is 66.7 Å². The summed E-state index contributed by atoms with van der Waals surface area (Å²) in [4.78, 5) is 36.0. The van der Waals surface area contributed by atoms with Gasteiger partial charge in [0.1, 0.15) is 6.61 Å². The largest absolute Gasteiger partial charge is 0.486 e. The number of aliphatic hydroxyl groups excluding tert-OH is 1. The first-order valence-corrected chi connectivity index (χ1v) is 12.5. The van der Waals surface area contributed by atoms with E-state index in [0.717, 1.165) is 16.7 Å². The van der Waals surface area contributed by atoms with Gasteiger partial charge in [-0.05, 0) is 28.8 Å². The minimum Gasteiger partial charge on any atom is -0.486 e. The smallest absolute Gasteiger partial charge is 0.297 e. The highest BCUT2D eigenvalue weighted by Crippen LogP contribution is 2.35. The summed E-state index contributed by atoms with van der Waals surface area (Å²) in [7, 11) is 0. The molecule has 204 valence electrons. The van der Waals surface area contributed by atoms with Crippen molar-refractivity contribution in [1.29, 1.82) is 0 Å². The standard InChI is InChI=1S/C30H27N3O7/c31-29(35)26-22(15-34)28(37-16-19-7-3-1-4-8-19)27(30(36)33-40-17-20-9-5-2-6-10-20)32-23(26)13-21-11-12-24-25(14-21)39-18-38-24/h1-12,14,34H,13,15-18H2,(H2,31,35)(H,33,36). The maximum atomic E-state index is 13.4. The van der Waals surface area contributed by atoms with Gasteiger partial charge in [0.15, 0.2) is 22.9 Å². The molecule has 0 aliphatic carbocycles. The zero-order chi connectivity index (χ0) is 27.9. The lowest BCUT2D eigenvalue weighted by atomic mass is 9.98. The number of aliphatic hydroxyl groups is 1. The Morgan fingerprint density at radius 2 is 1.57 bits per heavy atom. The molecular weight excluding hydrogens is 514 g/mol. The molecular formula is C30H27N3O7. The third-order valence-corrected chi connectivity index (χ3v) is 6.23. The number of hydrogen-bond acceptors (Lipinski definition) is 8. The maximum absolute atomic E-state index is 13.4. The van der Waals surface area contributed by atoms with Crippen LogP contribution in [0.25, 0.3) is 0 Å². The van der Waals surface area contributed by atoms with E-state index in [1.807, 2.05) is 60.7 Å². The molecule has 5 rings (SSSR count). The molecule has 2 amide bonds. The molecule has 0 radical (unpaired) electrons. The number of rotatable bonds is 11. The number of nitrogens with zero attached hydrogens (tertiary/aromatic N) is 1. The van der Waals surface area contributed by atoms with Crippen molar-refractivity contribution in [2.24, 2.45) is 5.73 Å². The number of fused-ring (bicyclic) bond motifs is 1. The lowest BCUT2D eigenvalue weighted by Gasteiger charge is -2.19. The van der Waals surface area contributed by atoms with Gasteiger partial charge < -0.3 is 25.1 Å². The third-order valence-electron chi connectivity index (χ3n) is 6.23. The molecule has 0 saturated carbocycles. The van der Waals surface area contributed by atoms with Crippen molar-refractivity contribution < 1.29 is 33.7 Å². The molecule has 3 aromatic carbocycles. The number of primary amides is 1. The topological polar surface area (TPSA) is 142 Å². The fourth-order valence-electron chi connectivity index (χ4n) is 4.33. The van der Waals surface area contributed by atoms with Crippen LogP contribution in [0.1, 0.15) is 48.8 Å². The molecule has 0 spiro atoms. The average molecular weight is 542 g/mol. The van der Waals surface area contributed by atoms with Crippen LogP contribution in [0.3, 0.4) is 0 Å². The van der Waals surface area contributed by atoms with Crippen LogP contribution in [-0.4, -0.2) is 28.7 Å². The van der Waals surface area contributed by atoms with Crippen molar-refractivity contribution in [3.63, 3.8) is 0 Å². The number of aromatic nitrogens is 1. The first-order valence-electron chi connectivity index (χ1n) is 12.5. The van der Waals surface area contributed by atoms with E-state index in [0.29, 0.717) is 11.5 Å². The number of carbonyl (C=O) groups excluding carboxylic acids is 2. The summed E-state index contributed by atoms with van der Waals surface area (Å²) in [5, 5.41) is 10.4. The van der Waals surface area contributed by atoms with Crippen LogP contribution in [0.4, 0.5) is 0 Å². The van der Waals surface area contributed by atoms with Gasteiger partial charge in [0, 0.05) is 12.0 Å². The highest BCUT2D eigenvalue weighted by molar-refractivity contribution is 6.00. The van der Waals surface area contributed by atoms with E-state index in [1.165, 1.54) is 0 Å². The summed E-state index contributed by atoms with van der Waals surface area (Å²) >= 11 is 0. The minimum atomic E-state index is -0.816. The van der Waals surface area contributed by atoms with Crippen molar-refractivity contribution in [2.45, 2.75) is 26.2 Å². The van der Waals surface area contributed by atoms with Crippen molar-refractivity contribution in [3.05, 3.63) is 118 Å². The Hall–Kier alpha value is -4.93. The highest BCUT2D eigenvalue weighted by Gasteiger charge is 2.28. The molecule has 40 heavy (non-hydrogen) atoms. The third kappa shape index (κ3) is 6.04. The molecule has 4 aromatic rings. The molecule has 1 aliphatic rings.